The van der Waals surface area contributed by atoms with Crippen molar-refractivity contribution in [3.8, 4) is 11.5 Å². The maximum Gasteiger partial charge on any atom is 0.257 e. The molecule has 1 saturated carbocycles. The van der Waals surface area contributed by atoms with Crippen molar-refractivity contribution in [2.24, 2.45) is 0 Å². The monoisotopic (exact) mass is 418 g/mol. The van der Waals surface area contributed by atoms with E-state index in [4.69, 9.17) is 11.6 Å². The average Bonchev–Trinajstić information content (AvgIpc) is 3.14. The van der Waals surface area contributed by atoms with Gasteiger partial charge in [-0.05, 0) is 54.3 Å². The van der Waals surface area contributed by atoms with E-state index in [1.165, 1.54) is 24.0 Å². The highest BCUT2D eigenvalue weighted by Gasteiger charge is 2.26. The van der Waals surface area contributed by atoms with E-state index < -0.39 is 0 Å². The molecule has 4 aromatic rings. The van der Waals surface area contributed by atoms with Gasteiger partial charge < -0.3 is 15.6 Å². The molecule has 4 N–H and O–H groups in total. The molecule has 0 spiro atoms. The first-order valence-electron chi connectivity index (χ1n) is 10.0. The zero-order valence-electron chi connectivity index (χ0n) is 16.1. The lowest BCUT2D eigenvalue weighted by Crippen LogP contribution is -2.13. The standard InChI is InChI=1S/C22H19ClN6O/c23-14-6-16(22(30)25-15-4-3-12-9-24-10-13(12)5-15)20-18(7-14)26-21(27-20)19-8-17(28-29-19)11-1-2-11/h3-8,11,24H,1-2,9-10H2,(H,25,30)(H,26,27)(H,28,29). The second-order valence-electron chi connectivity index (χ2n) is 7.96. The van der Waals surface area contributed by atoms with Crippen LogP contribution in [0.25, 0.3) is 22.6 Å². The molecule has 1 fully saturated rings. The summed E-state index contributed by atoms with van der Waals surface area (Å²) in [7, 11) is 0. The van der Waals surface area contributed by atoms with E-state index in [9.17, 15) is 4.79 Å². The summed E-state index contributed by atoms with van der Waals surface area (Å²) < 4.78 is 0. The number of amides is 1. The Hall–Kier alpha value is -3.16. The minimum Gasteiger partial charge on any atom is -0.337 e. The van der Waals surface area contributed by atoms with E-state index in [2.05, 4.69) is 30.8 Å². The minimum atomic E-state index is -0.243. The number of carbonyl (C=O) groups is 1. The van der Waals surface area contributed by atoms with Crippen molar-refractivity contribution in [1.82, 2.24) is 25.5 Å². The van der Waals surface area contributed by atoms with Crippen LogP contribution in [0.15, 0.2) is 36.4 Å². The topological polar surface area (TPSA) is 98.5 Å². The molecule has 1 amide bonds. The van der Waals surface area contributed by atoms with Crippen molar-refractivity contribution >= 4 is 34.2 Å². The van der Waals surface area contributed by atoms with E-state index in [1.807, 2.05) is 24.3 Å². The molecule has 7 nitrogen and oxygen atoms in total. The molecule has 2 aromatic carbocycles. The summed E-state index contributed by atoms with van der Waals surface area (Å²) in [6.45, 7) is 1.68. The Labute approximate surface area is 177 Å². The van der Waals surface area contributed by atoms with E-state index in [0.717, 1.165) is 30.2 Å². The van der Waals surface area contributed by atoms with Gasteiger partial charge in [-0.25, -0.2) is 4.98 Å². The first kappa shape index (κ1) is 17.7. The van der Waals surface area contributed by atoms with Gasteiger partial charge >= 0.3 is 0 Å². The predicted molar refractivity (Wildman–Crippen MR) is 116 cm³/mol. The number of fused-ring (bicyclic) bond motifs is 2. The van der Waals surface area contributed by atoms with Gasteiger partial charge in [0.05, 0.1) is 11.1 Å². The van der Waals surface area contributed by atoms with Crippen molar-refractivity contribution in [2.45, 2.75) is 31.8 Å². The fraction of sp³-hybridized carbons (Fsp3) is 0.227. The molecule has 2 aliphatic rings. The molecule has 0 saturated heterocycles. The van der Waals surface area contributed by atoms with Gasteiger partial charge in [0.1, 0.15) is 11.2 Å². The second-order valence-corrected chi connectivity index (χ2v) is 8.40. The first-order valence-corrected chi connectivity index (χ1v) is 10.4. The summed E-state index contributed by atoms with van der Waals surface area (Å²) in [6, 6.07) is 11.4. The van der Waals surface area contributed by atoms with E-state index >= 15 is 0 Å². The fourth-order valence-corrected chi connectivity index (χ4v) is 4.23. The number of halogens is 1. The van der Waals surface area contributed by atoms with Gasteiger partial charge in [0.2, 0.25) is 0 Å². The van der Waals surface area contributed by atoms with Crippen molar-refractivity contribution in [1.29, 1.82) is 0 Å². The van der Waals surface area contributed by atoms with Crippen LogP contribution in [-0.4, -0.2) is 26.1 Å². The van der Waals surface area contributed by atoms with Crippen molar-refractivity contribution in [3.63, 3.8) is 0 Å². The Bertz CT molecular complexity index is 1300. The van der Waals surface area contributed by atoms with Gasteiger partial charge in [-0.15, -0.1) is 0 Å². The Kier molecular flexibility index (Phi) is 3.94. The zero-order chi connectivity index (χ0) is 20.2. The van der Waals surface area contributed by atoms with Gasteiger partial charge in [-0.3, -0.25) is 9.89 Å². The molecule has 0 radical (unpaired) electrons. The predicted octanol–water partition coefficient (Wildman–Crippen LogP) is 4.34. The molecule has 3 heterocycles. The Balaban J connectivity index is 1.35. The summed E-state index contributed by atoms with van der Waals surface area (Å²) in [5.74, 6) is 0.953. The third kappa shape index (κ3) is 3.07. The highest BCUT2D eigenvalue weighted by atomic mass is 35.5. The number of hydrogen-bond acceptors (Lipinski definition) is 4. The first-order chi connectivity index (χ1) is 14.6. The smallest absolute Gasteiger partial charge is 0.257 e. The third-order valence-corrected chi connectivity index (χ3v) is 5.97. The van der Waals surface area contributed by atoms with Crippen molar-refractivity contribution < 1.29 is 4.79 Å². The fourth-order valence-electron chi connectivity index (χ4n) is 4.01. The van der Waals surface area contributed by atoms with E-state index in [1.54, 1.807) is 12.1 Å². The highest BCUT2D eigenvalue weighted by Crippen LogP contribution is 2.40. The quantitative estimate of drug-likeness (QED) is 0.396. The molecule has 0 unspecified atom stereocenters. The summed E-state index contributed by atoms with van der Waals surface area (Å²) in [4.78, 5) is 21.0. The number of nitrogens with zero attached hydrogens (tertiary/aromatic N) is 2. The van der Waals surface area contributed by atoms with Crippen LogP contribution in [0.3, 0.4) is 0 Å². The molecule has 6 rings (SSSR count). The maximum absolute atomic E-state index is 13.1. The number of aromatic amines is 2. The van der Waals surface area contributed by atoms with Crippen LogP contribution in [0, 0.1) is 0 Å². The van der Waals surface area contributed by atoms with Gasteiger partial charge in [0, 0.05) is 35.4 Å². The molecule has 8 heteroatoms. The number of nitrogens with one attached hydrogen (secondary N) is 4. The Morgan fingerprint density at radius 1 is 1.10 bits per heavy atom. The van der Waals surface area contributed by atoms with Crippen molar-refractivity contribution in [2.75, 3.05) is 5.32 Å². The normalized spacial score (nSPS) is 15.5. The number of hydrogen-bond donors (Lipinski definition) is 4. The van der Waals surface area contributed by atoms with Crippen LogP contribution in [-0.2, 0) is 13.1 Å². The maximum atomic E-state index is 13.1. The van der Waals surface area contributed by atoms with Crippen LogP contribution in [0.4, 0.5) is 5.69 Å². The number of rotatable bonds is 4. The van der Waals surface area contributed by atoms with E-state index in [-0.39, 0.29) is 5.91 Å². The largest absolute Gasteiger partial charge is 0.337 e. The number of carbonyl (C=O) groups excluding carboxylic acids is 1. The molecule has 150 valence electrons. The van der Waals surface area contributed by atoms with Gasteiger partial charge in [0.25, 0.3) is 5.91 Å². The van der Waals surface area contributed by atoms with Crippen LogP contribution in [0.5, 0.6) is 0 Å². The van der Waals surface area contributed by atoms with Crippen LogP contribution in [0.1, 0.15) is 45.9 Å². The zero-order valence-corrected chi connectivity index (χ0v) is 16.8. The number of imidazole rings is 1. The van der Waals surface area contributed by atoms with E-state index in [0.29, 0.717) is 33.4 Å². The molecule has 1 aliphatic carbocycles. The SMILES string of the molecule is O=C(Nc1ccc2c(c1)CNC2)c1cc(Cl)cc2[nH]c(-c3cc(C4CC4)[nH]n3)nc12. The lowest BCUT2D eigenvalue weighted by atomic mass is 10.1. The molecule has 0 atom stereocenters. The van der Waals surface area contributed by atoms with Crippen LogP contribution < -0.4 is 10.6 Å². The molecular formula is C22H19ClN6O. The number of aromatic nitrogens is 4. The highest BCUT2D eigenvalue weighted by molar-refractivity contribution is 6.32. The molecular weight excluding hydrogens is 400 g/mol. The molecule has 30 heavy (non-hydrogen) atoms. The number of benzene rings is 2. The summed E-state index contributed by atoms with van der Waals surface area (Å²) in [5, 5.41) is 14.2. The van der Waals surface area contributed by atoms with Crippen molar-refractivity contribution in [3.05, 3.63) is 63.8 Å². The Morgan fingerprint density at radius 3 is 2.83 bits per heavy atom. The molecule has 1 aliphatic heterocycles. The van der Waals surface area contributed by atoms with Gasteiger partial charge in [-0.2, -0.15) is 5.10 Å². The number of H-pyrrole nitrogens is 2. The summed E-state index contributed by atoms with van der Waals surface area (Å²) in [6.07, 6.45) is 2.39. The average molecular weight is 419 g/mol. The van der Waals surface area contributed by atoms with Gasteiger partial charge in [0.15, 0.2) is 5.82 Å². The van der Waals surface area contributed by atoms with Gasteiger partial charge in [-0.1, -0.05) is 17.7 Å². The Morgan fingerprint density at radius 2 is 1.97 bits per heavy atom. The van der Waals surface area contributed by atoms with Crippen LogP contribution >= 0.6 is 11.6 Å². The lowest BCUT2D eigenvalue weighted by Gasteiger charge is -2.08. The lowest BCUT2D eigenvalue weighted by molar-refractivity contribution is 0.102. The molecule has 0 bridgehead atoms. The molecule has 2 aromatic heterocycles. The minimum absolute atomic E-state index is 0.243. The number of anilines is 1. The summed E-state index contributed by atoms with van der Waals surface area (Å²) in [5.41, 5.74) is 6.80. The summed E-state index contributed by atoms with van der Waals surface area (Å²) >= 11 is 6.30. The van der Waals surface area contributed by atoms with Crippen LogP contribution in [0.2, 0.25) is 5.02 Å². The third-order valence-electron chi connectivity index (χ3n) is 5.75. The second kappa shape index (κ2) is 6.68.